The molecule has 0 aliphatic rings. The molecule has 0 unspecified atom stereocenters. The molecule has 1 rings (SSSR count). The SMILES string of the molecule is CCCNc1nc(C)nc(NC(C)(C)CC(N)=O)c1C. The number of carbonyl (C=O) groups excluding carboxylic acids is 1. The Balaban J connectivity index is 3.00. The highest BCUT2D eigenvalue weighted by Crippen LogP contribution is 2.24. The summed E-state index contributed by atoms with van der Waals surface area (Å²) in [5.41, 5.74) is 5.77. The van der Waals surface area contributed by atoms with Gasteiger partial charge in [0.05, 0.1) is 0 Å². The lowest BCUT2D eigenvalue weighted by Crippen LogP contribution is -2.36. The van der Waals surface area contributed by atoms with Crippen LogP contribution in [0, 0.1) is 13.8 Å². The number of aromatic nitrogens is 2. The summed E-state index contributed by atoms with van der Waals surface area (Å²) >= 11 is 0. The first kappa shape index (κ1) is 16.2. The van der Waals surface area contributed by atoms with Crippen LogP contribution in [0.2, 0.25) is 0 Å². The van der Waals surface area contributed by atoms with E-state index in [4.69, 9.17) is 5.73 Å². The predicted molar refractivity (Wildman–Crippen MR) is 81.8 cm³/mol. The van der Waals surface area contributed by atoms with Gasteiger partial charge in [-0.05, 0) is 34.1 Å². The maximum absolute atomic E-state index is 11.1. The van der Waals surface area contributed by atoms with Gasteiger partial charge in [-0.25, -0.2) is 9.97 Å². The molecule has 1 heterocycles. The van der Waals surface area contributed by atoms with Crippen molar-refractivity contribution in [3.8, 4) is 0 Å². The maximum atomic E-state index is 11.1. The van der Waals surface area contributed by atoms with Gasteiger partial charge in [-0.2, -0.15) is 0 Å². The lowest BCUT2D eigenvalue weighted by Gasteiger charge is -2.27. The van der Waals surface area contributed by atoms with Gasteiger partial charge in [-0.3, -0.25) is 4.79 Å². The summed E-state index contributed by atoms with van der Waals surface area (Å²) in [7, 11) is 0. The maximum Gasteiger partial charge on any atom is 0.219 e. The molecule has 1 aromatic rings. The van der Waals surface area contributed by atoms with Gasteiger partial charge in [-0.15, -0.1) is 0 Å². The van der Waals surface area contributed by atoms with Gasteiger partial charge in [-0.1, -0.05) is 6.92 Å². The van der Waals surface area contributed by atoms with E-state index in [0.29, 0.717) is 5.82 Å². The number of carbonyl (C=O) groups is 1. The molecule has 1 amide bonds. The quantitative estimate of drug-likeness (QED) is 0.709. The second kappa shape index (κ2) is 6.54. The van der Waals surface area contributed by atoms with E-state index in [0.717, 1.165) is 30.2 Å². The summed E-state index contributed by atoms with van der Waals surface area (Å²) in [4.78, 5) is 19.9. The fraction of sp³-hybridized carbons (Fsp3) is 0.643. The standard InChI is InChI=1S/C14H25N5O/c1-6-7-16-12-9(2)13(18-10(3)17-12)19-14(4,5)8-11(15)20/h6-8H2,1-5H3,(H2,15,20)(H2,16,17,18,19). The second-order valence-electron chi connectivity index (χ2n) is 5.67. The van der Waals surface area contributed by atoms with Crippen LogP contribution in [0.3, 0.4) is 0 Å². The van der Waals surface area contributed by atoms with Crippen LogP contribution in [0.5, 0.6) is 0 Å². The lowest BCUT2D eigenvalue weighted by molar-refractivity contribution is -0.118. The molecule has 0 aliphatic carbocycles. The molecule has 1 aromatic heterocycles. The molecule has 0 spiro atoms. The summed E-state index contributed by atoms with van der Waals surface area (Å²) in [5, 5.41) is 6.57. The minimum Gasteiger partial charge on any atom is -0.370 e. The third kappa shape index (κ3) is 4.68. The zero-order chi connectivity index (χ0) is 15.3. The van der Waals surface area contributed by atoms with Gasteiger partial charge in [0.15, 0.2) is 0 Å². The molecule has 0 radical (unpaired) electrons. The zero-order valence-corrected chi connectivity index (χ0v) is 13.0. The third-order valence-electron chi connectivity index (χ3n) is 2.87. The normalized spacial score (nSPS) is 11.2. The van der Waals surface area contributed by atoms with Crippen molar-refractivity contribution in [2.45, 2.75) is 53.0 Å². The van der Waals surface area contributed by atoms with Crippen LogP contribution in [-0.4, -0.2) is 28.0 Å². The first-order chi connectivity index (χ1) is 9.25. The highest BCUT2D eigenvalue weighted by molar-refractivity contribution is 5.75. The summed E-state index contributed by atoms with van der Waals surface area (Å²) in [5.74, 6) is 1.92. The number of primary amides is 1. The smallest absolute Gasteiger partial charge is 0.219 e. The third-order valence-corrected chi connectivity index (χ3v) is 2.87. The molecular formula is C14H25N5O. The van der Waals surface area contributed by atoms with Gasteiger partial charge in [0.25, 0.3) is 0 Å². The Morgan fingerprint density at radius 3 is 2.40 bits per heavy atom. The molecule has 0 atom stereocenters. The predicted octanol–water partition coefficient (Wildman–Crippen LogP) is 1.98. The van der Waals surface area contributed by atoms with E-state index in [1.807, 2.05) is 27.7 Å². The number of aryl methyl sites for hydroxylation is 1. The van der Waals surface area contributed by atoms with Crippen LogP contribution >= 0.6 is 0 Å². The molecule has 0 bridgehead atoms. The van der Waals surface area contributed by atoms with Gasteiger partial charge in [0.2, 0.25) is 5.91 Å². The number of nitrogens with two attached hydrogens (primary N) is 1. The Labute approximate surface area is 120 Å². The number of hydrogen-bond donors (Lipinski definition) is 3. The molecule has 0 saturated carbocycles. The summed E-state index contributed by atoms with van der Waals surface area (Å²) in [6.07, 6.45) is 1.27. The molecule has 0 aliphatic heterocycles. The van der Waals surface area contributed by atoms with Crippen molar-refractivity contribution >= 4 is 17.5 Å². The number of rotatable bonds is 7. The van der Waals surface area contributed by atoms with E-state index < -0.39 is 5.54 Å². The zero-order valence-electron chi connectivity index (χ0n) is 13.0. The van der Waals surface area contributed by atoms with Gasteiger partial charge in [0.1, 0.15) is 17.5 Å². The van der Waals surface area contributed by atoms with Crippen LogP contribution in [0.15, 0.2) is 0 Å². The molecule has 0 aromatic carbocycles. The van der Waals surface area contributed by atoms with E-state index in [-0.39, 0.29) is 12.3 Å². The van der Waals surface area contributed by atoms with Crippen molar-refractivity contribution in [1.82, 2.24) is 9.97 Å². The molecule has 112 valence electrons. The van der Waals surface area contributed by atoms with Crippen molar-refractivity contribution in [3.05, 3.63) is 11.4 Å². The molecule has 0 saturated heterocycles. The highest BCUT2D eigenvalue weighted by Gasteiger charge is 2.22. The Bertz CT molecular complexity index is 485. The van der Waals surface area contributed by atoms with Crippen LogP contribution in [0.4, 0.5) is 11.6 Å². The second-order valence-corrected chi connectivity index (χ2v) is 5.67. The van der Waals surface area contributed by atoms with Crippen molar-refractivity contribution in [1.29, 1.82) is 0 Å². The number of nitrogens with one attached hydrogen (secondary N) is 2. The number of nitrogens with zero attached hydrogens (tertiary/aromatic N) is 2. The van der Waals surface area contributed by atoms with Crippen molar-refractivity contribution in [2.75, 3.05) is 17.2 Å². The minimum absolute atomic E-state index is 0.243. The number of amides is 1. The fourth-order valence-corrected chi connectivity index (χ4v) is 1.97. The largest absolute Gasteiger partial charge is 0.370 e. The van der Waals surface area contributed by atoms with Gasteiger partial charge < -0.3 is 16.4 Å². The lowest BCUT2D eigenvalue weighted by atomic mass is 10.00. The van der Waals surface area contributed by atoms with Crippen molar-refractivity contribution < 1.29 is 4.79 Å². The summed E-state index contributed by atoms with van der Waals surface area (Å²) in [6.45, 7) is 10.6. The van der Waals surface area contributed by atoms with Crippen LogP contribution in [0.1, 0.15) is 45.0 Å². The van der Waals surface area contributed by atoms with Gasteiger partial charge in [0, 0.05) is 24.1 Å². The fourth-order valence-electron chi connectivity index (χ4n) is 1.97. The van der Waals surface area contributed by atoms with Gasteiger partial charge >= 0.3 is 0 Å². The van der Waals surface area contributed by atoms with Crippen molar-refractivity contribution in [2.24, 2.45) is 5.73 Å². The monoisotopic (exact) mass is 279 g/mol. The molecular weight excluding hydrogens is 254 g/mol. The van der Waals surface area contributed by atoms with Crippen molar-refractivity contribution in [3.63, 3.8) is 0 Å². The molecule has 6 nitrogen and oxygen atoms in total. The van der Waals surface area contributed by atoms with E-state index >= 15 is 0 Å². The molecule has 6 heteroatoms. The average molecular weight is 279 g/mol. The Hall–Kier alpha value is -1.85. The molecule has 4 N–H and O–H groups in total. The number of anilines is 2. The van der Waals surface area contributed by atoms with E-state index in [1.54, 1.807) is 0 Å². The molecule has 20 heavy (non-hydrogen) atoms. The minimum atomic E-state index is -0.445. The average Bonchev–Trinajstić information content (AvgIpc) is 2.29. The highest BCUT2D eigenvalue weighted by atomic mass is 16.1. The Morgan fingerprint density at radius 2 is 1.85 bits per heavy atom. The Kier molecular flexibility index (Phi) is 5.30. The van der Waals surface area contributed by atoms with E-state index in [2.05, 4.69) is 27.5 Å². The first-order valence-electron chi connectivity index (χ1n) is 6.90. The van der Waals surface area contributed by atoms with Crippen LogP contribution in [-0.2, 0) is 4.79 Å². The van der Waals surface area contributed by atoms with E-state index in [9.17, 15) is 4.79 Å². The van der Waals surface area contributed by atoms with Crippen LogP contribution < -0.4 is 16.4 Å². The topological polar surface area (TPSA) is 92.9 Å². The van der Waals surface area contributed by atoms with Crippen LogP contribution in [0.25, 0.3) is 0 Å². The molecule has 0 fully saturated rings. The Morgan fingerprint density at radius 1 is 1.25 bits per heavy atom. The first-order valence-corrected chi connectivity index (χ1v) is 6.90. The summed E-state index contributed by atoms with van der Waals surface area (Å²) in [6, 6.07) is 0. The number of hydrogen-bond acceptors (Lipinski definition) is 5. The summed E-state index contributed by atoms with van der Waals surface area (Å²) < 4.78 is 0. The van der Waals surface area contributed by atoms with E-state index in [1.165, 1.54) is 0 Å².